The quantitative estimate of drug-likeness (QED) is 0.829. The summed E-state index contributed by atoms with van der Waals surface area (Å²) in [5, 5.41) is 11.9. The van der Waals surface area contributed by atoms with Crippen molar-refractivity contribution in [2.45, 2.75) is 32.9 Å². The number of nitrogens with one attached hydrogen (secondary N) is 1. The Kier molecular flexibility index (Phi) is 5.52. The van der Waals surface area contributed by atoms with E-state index in [9.17, 15) is 14.7 Å². The smallest absolute Gasteiger partial charge is 0.329 e. The van der Waals surface area contributed by atoms with Crippen molar-refractivity contribution >= 4 is 12.0 Å². The fourth-order valence-corrected chi connectivity index (χ4v) is 1.85. The highest BCUT2D eigenvalue weighted by Gasteiger charge is 2.36. The van der Waals surface area contributed by atoms with Gasteiger partial charge in [-0.15, -0.1) is 0 Å². The Morgan fingerprint density at radius 2 is 2.14 bits per heavy atom. The summed E-state index contributed by atoms with van der Waals surface area (Å²) in [5.41, 5.74) is -0.450. The monoisotopic (exact) mass is 295 g/mol. The van der Waals surface area contributed by atoms with Crippen LogP contribution >= 0.6 is 0 Å². The Hall–Kier alpha value is -2.31. The number of urea groups is 1. The first-order valence-corrected chi connectivity index (χ1v) is 6.60. The van der Waals surface area contributed by atoms with Gasteiger partial charge in [0.05, 0.1) is 7.11 Å². The SMILES string of the molecule is CCN(C(=O)NCc1ccnc(OC)c1)C(C)(C)C(=O)O. The van der Waals surface area contributed by atoms with E-state index in [4.69, 9.17) is 4.74 Å². The van der Waals surface area contributed by atoms with Gasteiger partial charge < -0.3 is 20.1 Å². The average Bonchev–Trinajstić information content (AvgIpc) is 2.45. The van der Waals surface area contributed by atoms with Gasteiger partial charge in [-0.2, -0.15) is 0 Å². The molecule has 0 aliphatic heterocycles. The van der Waals surface area contributed by atoms with Crippen LogP contribution in [-0.2, 0) is 11.3 Å². The third-order valence-corrected chi connectivity index (χ3v) is 3.21. The zero-order valence-electron chi connectivity index (χ0n) is 12.7. The first-order valence-electron chi connectivity index (χ1n) is 6.60. The van der Waals surface area contributed by atoms with Crippen LogP contribution in [0.15, 0.2) is 18.3 Å². The number of aliphatic carboxylic acids is 1. The summed E-state index contributed by atoms with van der Waals surface area (Å²) in [6.45, 7) is 5.29. The third-order valence-electron chi connectivity index (χ3n) is 3.21. The minimum Gasteiger partial charge on any atom is -0.481 e. The van der Waals surface area contributed by atoms with Crippen LogP contribution in [0.4, 0.5) is 4.79 Å². The second kappa shape index (κ2) is 6.92. The van der Waals surface area contributed by atoms with Crippen LogP contribution in [-0.4, -0.2) is 46.2 Å². The summed E-state index contributed by atoms with van der Waals surface area (Å²) in [7, 11) is 1.51. The molecule has 0 radical (unpaired) electrons. The van der Waals surface area contributed by atoms with Crippen molar-refractivity contribution in [3.05, 3.63) is 23.9 Å². The number of methoxy groups -OCH3 is 1. The molecule has 0 aliphatic carbocycles. The van der Waals surface area contributed by atoms with Gasteiger partial charge >= 0.3 is 12.0 Å². The number of carbonyl (C=O) groups is 2. The normalized spacial score (nSPS) is 10.9. The van der Waals surface area contributed by atoms with E-state index >= 15 is 0 Å². The van der Waals surface area contributed by atoms with Gasteiger partial charge in [-0.05, 0) is 32.4 Å². The molecule has 7 nitrogen and oxygen atoms in total. The highest BCUT2D eigenvalue weighted by atomic mass is 16.5. The van der Waals surface area contributed by atoms with Crippen LogP contribution < -0.4 is 10.1 Å². The predicted octanol–water partition coefficient (Wildman–Crippen LogP) is 1.48. The Morgan fingerprint density at radius 1 is 1.48 bits per heavy atom. The van der Waals surface area contributed by atoms with Crippen molar-refractivity contribution in [3.63, 3.8) is 0 Å². The van der Waals surface area contributed by atoms with Gasteiger partial charge in [0.2, 0.25) is 5.88 Å². The third kappa shape index (κ3) is 4.08. The van der Waals surface area contributed by atoms with E-state index in [1.165, 1.54) is 25.9 Å². The zero-order valence-corrected chi connectivity index (χ0v) is 12.7. The molecular formula is C14H21N3O4. The lowest BCUT2D eigenvalue weighted by atomic mass is 10.0. The molecule has 0 atom stereocenters. The van der Waals surface area contributed by atoms with Crippen molar-refractivity contribution in [2.75, 3.05) is 13.7 Å². The van der Waals surface area contributed by atoms with Crippen LogP contribution in [0.5, 0.6) is 5.88 Å². The van der Waals surface area contributed by atoms with E-state index in [0.717, 1.165) is 5.56 Å². The Bertz CT molecular complexity index is 517. The number of pyridine rings is 1. The number of nitrogens with zero attached hydrogens (tertiary/aromatic N) is 2. The Labute approximate surface area is 123 Å². The number of ether oxygens (including phenoxy) is 1. The molecule has 0 saturated heterocycles. The summed E-state index contributed by atoms with van der Waals surface area (Å²) in [4.78, 5) is 28.6. The molecule has 0 fully saturated rings. The van der Waals surface area contributed by atoms with E-state index < -0.39 is 17.5 Å². The van der Waals surface area contributed by atoms with Gasteiger partial charge in [0.1, 0.15) is 5.54 Å². The largest absolute Gasteiger partial charge is 0.481 e. The van der Waals surface area contributed by atoms with Gasteiger partial charge in [-0.3, -0.25) is 0 Å². The van der Waals surface area contributed by atoms with Crippen LogP contribution in [0.2, 0.25) is 0 Å². The van der Waals surface area contributed by atoms with Crippen LogP contribution in [0.25, 0.3) is 0 Å². The number of carbonyl (C=O) groups excluding carboxylic acids is 1. The average molecular weight is 295 g/mol. The first-order chi connectivity index (χ1) is 9.82. The van der Waals surface area contributed by atoms with Gasteiger partial charge in [-0.25, -0.2) is 14.6 Å². The molecule has 2 N–H and O–H groups in total. The number of carboxylic acids is 1. The lowest BCUT2D eigenvalue weighted by Gasteiger charge is -2.34. The fourth-order valence-electron chi connectivity index (χ4n) is 1.85. The molecule has 0 bridgehead atoms. The van der Waals surface area contributed by atoms with Crippen molar-refractivity contribution in [1.82, 2.24) is 15.2 Å². The molecule has 2 amide bonds. The van der Waals surface area contributed by atoms with Gasteiger partial charge in [-0.1, -0.05) is 0 Å². The van der Waals surface area contributed by atoms with Crippen LogP contribution in [0.1, 0.15) is 26.3 Å². The summed E-state index contributed by atoms with van der Waals surface area (Å²) < 4.78 is 5.00. The van der Waals surface area contributed by atoms with Crippen molar-refractivity contribution in [2.24, 2.45) is 0 Å². The number of aromatic nitrogens is 1. The number of likely N-dealkylation sites (N-methyl/N-ethyl adjacent to an activating group) is 1. The summed E-state index contributed by atoms with van der Waals surface area (Å²) in [5.74, 6) is -0.593. The minimum absolute atomic E-state index is 0.268. The molecular weight excluding hydrogens is 274 g/mol. The maximum atomic E-state index is 12.2. The topological polar surface area (TPSA) is 91.8 Å². The molecule has 21 heavy (non-hydrogen) atoms. The second-order valence-electron chi connectivity index (χ2n) is 4.97. The highest BCUT2D eigenvalue weighted by Crippen LogP contribution is 2.15. The summed E-state index contributed by atoms with van der Waals surface area (Å²) in [6.07, 6.45) is 1.58. The van der Waals surface area contributed by atoms with E-state index in [2.05, 4.69) is 10.3 Å². The van der Waals surface area contributed by atoms with Crippen molar-refractivity contribution < 1.29 is 19.4 Å². The van der Waals surface area contributed by atoms with E-state index in [1.54, 1.807) is 25.3 Å². The molecule has 0 spiro atoms. The lowest BCUT2D eigenvalue weighted by molar-refractivity contribution is -0.147. The summed E-state index contributed by atoms with van der Waals surface area (Å²) in [6, 6.07) is 3.03. The van der Waals surface area contributed by atoms with Gasteiger partial charge in [0.25, 0.3) is 0 Å². The summed E-state index contributed by atoms with van der Waals surface area (Å²) >= 11 is 0. The number of carboxylic acid groups (broad SMARTS) is 1. The Balaban J connectivity index is 2.73. The highest BCUT2D eigenvalue weighted by molar-refractivity contribution is 5.85. The molecule has 1 aromatic rings. The van der Waals surface area contributed by atoms with Crippen molar-refractivity contribution in [1.29, 1.82) is 0 Å². The molecule has 0 aliphatic rings. The first kappa shape index (κ1) is 16.7. The van der Waals surface area contributed by atoms with Gasteiger partial charge in [0.15, 0.2) is 0 Å². The Morgan fingerprint density at radius 3 is 2.67 bits per heavy atom. The number of hydrogen-bond acceptors (Lipinski definition) is 4. The van der Waals surface area contributed by atoms with Crippen molar-refractivity contribution in [3.8, 4) is 5.88 Å². The van der Waals surface area contributed by atoms with E-state index in [-0.39, 0.29) is 6.54 Å². The molecule has 7 heteroatoms. The predicted molar refractivity (Wildman–Crippen MR) is 77.1 cm³/mol. The van der Waals surface area contributed by atoms with Crippen LogP contribution in [0.3, 0.4) is 0 Å². The van der Waals surface area contributed by atoms with Gasteiger partial charge in [0, 0.05) is 25.4 Å². The maximum Gasteiger partial charge on any atom is 0.329 e. The minimum atomic E-state index is -1.27. The maximum absolute atomic E-state index is 12.2. The lowest BCUT2D eigenvalue weighted by Crippen LogP contribution is -2.55. The number of rotatable bonds is 6. The molecule has 1 heterocycles. The molecule has 0 aromatic carbocycles. The molecule has 0 unspecified atom stereocenters. The molecule has 116 valence electrons. The molecule has 1 aromatic heterocycles. The second-order valence-corrected chi connectivity index (χ2v) is 4.97. The number of hydrogen-bond donors (Lipinski definition) is 2. The van der Waals surface area contributed by atoms with Crippen LogP contribution in [0, 0.1) is 0 Å². The standard InChI is InChI=1S/C14H21N3O4/c1-5-17(14(2,3)12(18)19)13(20)16-9-10-6-7-15-11(8-10)21-4/h6-8H,5,9H2,1-4H3,(H,16,20)(H,18,19). The number of amides is 2. The zero-order chi connectivity index (χ0) is 16.0. The van der Waals surface area contributed by atoms with E-state index in [0.29, 0.717) is 12.4 Å². The molecule has 1 rings (SSSR count). The fraction of sp³-hybridized carbons (Fsp3) is 0.500. The van der Waals surface area contributed by atoms with E-state index in [1.807, 2.05) is 0 Å². The molecule has 0 saturated carbocycles.